The van der Waals surface area contributed by atoms with Crippen LogP contribution in [0.15, 0.2) is 29.2 Å². The molecule has 0 heterocycles. The van der Waals surface area contributed by atoms with Crippen molar-refractivity contribution in [2.24, 2.45) is 5.73 Å². The fraction of sp³-hybridized carbons (Fsp3) is 0.500. The molecule has 8 heteroatoms. The van der Waals surface area contributed by atoms with E-state index in [4.69, 9.17) is 5.73 Å². The zero-order chi connectivity index (χ0) is 15.4. The van der Waals surface area contributed by atoms with Crippen molar-refractivity contribution in [3.8, 4) is 0 Å². The van der Waals surface area contributed by atoms with Crippen LogP contribution in [-0.4, -0.2) is 21.0 Å². The van der Waals surface area contributed by atoms with Crippen molar-refractivity contribution >= 4 is 10.0 Å². The number of benzene rings is 1. The molecular weight excluding hydrogens is 293 g/mol. The molecule has 0 amide bonds. The lowest BCUT2D eigenvalue weighted by Gasteiger charge is -2.16. The molecule has 0 fully saturated rings. The van der Waals surface area contributed by atoms with Gasteiger partial charge in [0, 0.05) is 12.6 Å². The van der Waals surface area contributed by atoms with Gasteiger partial charge in [0.05, 0.1) is 10.5 Å². The maximum atomic E-state index is 12.4. The van der Waals surface area contributed by atoms with Gasteiger partial charge in [-0.05, 0) is 30.7 Å². The van der Waals surface area contributed by atoms with E-state index >= 15 is 0 Å². The Morgan fingerprint density at radius 2 is 1.80 bits per heavy atom. The Morgan fingerprint density at radius 3 is 2.20 bits per heavy atom. The molecular formula is C12H17F3N2O2S. The molecule has 0 aliphatic rings. The largest absolute Gasteiger partial charge is 0.416 e. The van der Waals surface area contributed by atoms with Crippen molar-refractivity contribution in [1.82, 2.24) is 4.72 Å². The van der Waals surface area contributed by atoms with E-state index in [-0.39, 0.29) is 11.4 Å². The van der Waals surface area contributed by atoms with Crippen LogP contribution in [0.2, 0.25) is 0 Å². The van der Waals surface area contributed by atoms with E-state index in [2.05, 4.69) is 4.72 Å². The summed E-state index contributed by atoms with van der Waals surface area (Å²) >= 11 is 0. The molecule has 0 spiro atoms. The average molecular weight is 310 g/mol. The van der Waals surface area contributed by atoms with E-state index in [1.54, 1.807) is 0 Å². The van der Waals surface area contributed by atoms with Gasteiger partial charge in [-0.3, -0.25) is 0 Å². The third kappa shape index (κ3) is 4.46. The summed E-state index contributed by atoms with van der Waals surface area (Å²) in [5, 5.41) is 0. The van der Waals surface area contributed by atoms with Gasteiger partial charge < -0.3 is 5.73 Å². The van der Waals surface area contributed by atoms with Crippen molar-refractivity contribution in [2.75, 3.05) is 6.54 Å². The van der Waals surface area contributed by atoms with Crippen LogP contribution in [0.25, 0.3) is 0 Å². The maximum absolute atomic E-state index is 12.4. The lowest BCUT2D eigenvalue weighted by atomic mass is 10.2. The summed E-state index contributed by atoms with van der Waals surface area (Å²) in [4.78, 5) is -0.208. The Kier molecular flexibility index (Phi) is 5.55. The Morgan fingerprint density at radius 1 is 1.25 bits per heavy atom. The lowest BCUT2D eigenvalue weighted by molar-refractivity contribution is -0.137. The van der Waals surface area contributed by atoms with Crippen LogP contribution in [0.3, 0.4) is 0 Å². The second kappa shape index (κ2) is 6.55. The fourth-order valence-corrected chi connectivity index (χ4v) is 2.97. The van der Waals surface area contributed by atoms with Gasteiger partial charge in [0.2, 0.25) is 10.0 Å². The summed E-state index contributed by atoms with van der Waals surface area (Å²) in [7, 11) is -3.85. The van der Waals surface area contributed by atoms with Gasteiger partial charge in [0.1, 0.15) is 0 Å². The third-order valence-electron chi connectivity index (χ3n) is 2.74. The molecule has 1 atom stereocenters. The molecule has 1 aromatic carbocycles. The summed E-state index contributed by atoms with van der Waals surface area (Å²) in [6.07, 6.45) is -3.18. The topological polar surface area (TPSA) is 72.2 Å². The SMILES string of the molecule is CCCC(CN)NS(=O)(=O)c1ccc(C(F)(F)F)cc1. The Labute approximate surface area is 116 Å². The maximum Gasteiger partial charge on any atom is 0.416 e. The molecule has 4 nitrogen and oxygen atoms in total. The minimum Gasteiger partial charge on any atom is -0.329 e. The van der Waals surface area contributed by atoms with Crippen LogP contribution in [-0.2, 0) is 16.2 Å². The molecule has 1 rings (SSSR count). The summed E-state index contributed by atoms with van der Waals surface area (Å²) in [5.74, 6) is 0. The standard InChI is InChI=1S/C12H17F3N2O2S/c1-2-3-10(8-16)17-20(18,19)11-6-4-9(5-7-11)12(13,14)15/h4-7,10,17H,2-3,8,16H2,1H3. The zero-order valence-electron chi connectivity index (χ0n) is 10.9. The molecule has 1 aromatic rings. The molecule has 0 aliphatic heterocycles. The van der Waals surface area contributed by atoms with Crippen LogP contribution in [0, 0.1) is 0 Å². The van der Waals surface area contributed by atoms with E-state index < -0.39 is 27.8 Å². The fourth-order valence-electron chi connectivity index (χ4n) is 1.68. The normalized spacial score (nSPS) is 14.2. The van der Waals surface area contributed by atoms with Crippen LogP contribution in [0.5, 0.6) is 0 Å². The van der Waals surface area contributed by atoms with Gasteiger partial charge in [-0.1, -0.05) is 13.3 Å². The van der Waals surface area contributed by atoms with Crippen molar-refractivity contribution in [2.45, 2.75) is 36.9 Å². The Balaban J connectivity index is 2.93. The highest BCUT2D eigenvalue weighted by molar-refractivity contribution is 7.89. The molecule has 0 bridgehead atoms. The highest BCUT2D eigenvalue weighted by Gasteiger charge is 2.30. The van der Waals surface area contributed by atoms with Crippen molar-refractivity contribution in [1.29, 1.82) is 0 Å². The average Bonchev–Trinajstić information content (AvgIpc) is 2.37. The van der Waals surface area contributed by atoms with Gasteiger partial charge in [0.25, 0.3) is 0 Å². The van der Waals surface area contributed by atoms with Crippen molar-refractivity contribution < 1.29 is 21.6 Å². The van der Waals surface area contributed by atoms with Gasteiger partial charge in [-0.25, -0.2) is 13.1 Å². The number of hydrogen-bond acceptors (Lipinski definition) is 3. The predicted octanol–water partition coefficient (Wildman–Crippen LogP) is 2.11. The number of nitrogens with one attached hydrogen (secondary N) is 1. The summed E-state index contributed by atoms with van der Waals surface area (Å²) < 4.78 is 63.6. The molecule has 1 unspecified atom stereocenters. The Bertz CT molecular complexity index is 527. The lowest BCUT2D eigenvalue weighted by Crippen LogP contribution is -2.40. The van der Waals surface area contributed by atoms with E-state index in [1.165, 1.54) is 0 Å². The Hall–Kier alpha value is -1.12. The highest BCUT2D eigenvalue weighted by Crippen LogP contribution is 2.29. The number of rotatable bonds is 6. The van der Waals surface area contributed by atoms with E-state index in [0.29, 0.717) is 6.42 Å². The first-order chi connectivity index (χ1) is 9.20. The van der Waals surface area contributed by atoms with Gasteiger partial charge in [-0.15, -0.1) is 0 Å². The smallest absolute Gasteiger partial charge is 0.329 e. The minimum absolute atomic E-state index is 0.133. The van der Waals surface area contributed by atoms with Crippen molar-refractivity contribution in [3.63, 3.8) is 0 Å². The number of hydrogen-bond donors (Lipinski definition) is 2. The van der Waals surface area contributed by atoms with Gasteiger partial charge >= 0.3 is 6.18 Å². The molecule has 0 aliphatic carbocycles. The van der Waals surface area contributed by atoms with Gasteiger partial charge in [-0.2, -0.15) is 13.2 Å². The van der Waals surface area contributed by atoms with Crippen LogP contribution in [0.1, 0.15) is 25.3 Å². The van der Waals surface area contributed by atoms with Crippen LogP contribution >= 0.6 is 0 Å². The number of alkyl halides is 3. The van der Waals surface area contributed by atoms with Crippen molar-refractivity contribution in [3.05, 3.63) is 29.8 Å². The summed E-state index contributed by atoms with van der Waals surface area (Å²) in [6, 6.07) is 2.93. The molecule has 0 aromatic heterocycles. The quantitative estimate of drug-likeness (QED) is 0.845. The zero-order valence-corrected chi connectivity index (χ0v) is 11.8. The minimum atomic E-state index is -4.49. The number of nitrogens with two attached hydrogens (primary N) is 1. The number of sulfonamides is 1. The molecule has 0 saturated heterocycles. The highest BCUT2D eigenvalue weighted by atomic mass is 32.2. The second-order valence-corrected chi connectivity index (χ2v) is 6.08. The monoisotopic (exact) mass is 310 g/mol. The number of halogens is 3. The third-order valence-corrected chi connectivity index (χ3v) is 4.27. The molecule has 20 heavy (non-hydrogen) atoms. The molecule has 3 N–H and O–H groups in total. The predicted molar refractivity (Wildman–Crippen MR) is 69.5 cm³/mol. The second-order valence-electron chi connectivity index (χ2n) is 4.36. The van der Waals surface area contributed by atoms with E-state index in [0.717, 1.165) is 30.7 Å². The molecule has 114 valence electrons. The van der Waals surface area contributed by atoms with Crippen LogP contribution < -0.4 is 10.5 Å². The first kappa shape index (κ1) is 16.9. The summed E-state index contributed by atoms with van der Waals surface area (Å²) in [6.45, 7) is 2.02. The summed E-state index contributed by atoms with van der Waals surface area (Å²) in [5.41, 5.74) is 4.56. The first-order valence-electron chi connectivity index (χ1n) is 6.10. The molecule has 0 saturated carbocycles. The van der Waals surface area contributed by atoms with Crippen LogP contribution in [0.4, 0.5) is 13.2 Å². The first-order valence-corrected chi connectivity index (χ1v) is 7.58. The molecule has 0 radical (unpaired) electrons. The van der Waals surface area contributed by atoms with E-state index in [9.17, 15) is 21.6 Å². The van der Waals surface area contributed by atoms with E-state index in [1.807, 2.05) is 6.92 Å². The van der Waals surface area contributed by atoms with Gasteiger partial charge in [0.15, 0.2) is 0 Å².